The highest BCUT2D eigenvalue weighted by Gasteiger charge is 2.25. The summed E-state index contributed by atoms with van der Waals surface area (Å²) in [6.45, 7) is 0.123. The van der Waals surface area contributed by atoms with E-state index >= 15 is 0 Å². The Labute approximate surface area is 108 Å². The van der Waals surface area contributed by atoms with Gasteiger partial charge in [0.25, 0.3) is 5.91 Å². The van der Waals surface area contributed by atoms with Crippen LogP contribution in [0.2, 0.25) is 0 Å². The van der Waals surface area contributed by atoms with E-state index in [1.54, 1.807) is 0 Å². The lowest BCUT2D eigenvalue weighted by Crippen LogP contribution is -2.42. The number of carbonyl (C=O) groups is 3. The highest BCUT2D eigenvalue weighted by molar-refractivity contribution is 5.95. The number of amides is 1. The molecule has 104 valence electrons. The topological polar surface area (TPSA) is 132 Å². The third kappa shape index (κ3) is 4.11. The number of aliphatic carboxylic acids is 1. The molecule has 1 aromatic rings. The normalized spacial score (nSPS) is 11.7. The zero-order chi connectivity index (χ0) is 14.4. The van der Waals surface area contributed by atoms with Crippen molar-refractivity contribution in [3.05, 3.63) is 23.7 Å². The molecule has 1 amide bonds. The van der Waals surface area contributed by atoms with Crippen LogP contribution in [0.3, 0.4) is 0 Å². The summed E-state index contributed by atoms with van der Waals surface area (Å²) in [5.41, 5.74) is 5.32. The minimum atomic E-state index is -1.38. The Morgan fingerprint density at radius 2 is 2.16 bits per heavy atom. The van der Waals surface area contributed by atoms with Crippen molar-refractivity contribution in [2.24, 2.45) is 5.73 Å². The van der Waals surface area contributed by atoms with E-state index in [1.165, 1.54) is 12.1 Å². The van der Waals surface area contributed by atoms with Crippen LogP contribution in [0.4, 0.5) is 0 Å². The number of carboxylic acids is 1. The minimum absolute atomic E-state index is 0.0726. The van der Waals surface area contributed by atoms with Gasteiger partial charge in [-0.05, 0) is 12.1 Å². The number of carbonyl (C=O) groups excluding carboxylic acids is 2. The number of hydrogen-bond acceptors (Lipinski definition) is 6. The lowest BCUT2D eigenvalue weighted by atomic mass is 10.2. The zero-order valence-corrected chi connectivity index (χ0v) is 10.2. The van der Waals surface area contributed by atoms with Gasteiger partial charge >= 0.3 is 11.9 Å². The van der Waals surface area contributed by atoms with E-state index in [0.29, 0.717) is 5.76 Å². The van der Waals surface area contributed by atoms with Crippen molar-refractivity contribution in [2.75, 3.05) is 7.11 Å². The number of methoxy groups -OCH3 is 1. The van der Waals surface area contributed by atoms with Gasteiger partial charge in [0, 0.05) is 0 Å². The molecule has 0 aliphatic rings. The third-order valence-corrected chi connectivity index (χ3v) is 2.29. The maximum Gasteiger partial charge on any atom is 0.326 e. The largest absolute Gasteiger partial charge is 0.480 e. The van der Waals surface area contributed by atoms with E-state index in [2.05, 4.69) is 10.1 Å². The van der Waals surface area contributed by atoms with Gasteiger partial charge in [-0.25, -0.2) is 4.79 Å². The zero-order valence-electron chi connectivity index (χ0n) is 10.2. The molecule has 1 rings (SSSR count). The highest BCUT2D eigenvalue weighted by atomic mass is 16.5. The van der Waals surface area contributed by atoms with Crippen LogP contribution in [0.1, 0.15) is 22.7 Å². The van der Waals surface area contributed by atoms with Crippen molar-refractivity contribution in [2.45, 2.75) is 19.0 Å². The van der Waals surface area contributed by atoms with Crippen molar-refractivity contribution >= 4 is 17.8 Å². The Hall–Kier alpha value is -2.35. The van der Waals surface area contributed by atoms with Crippen LogP contribution in [-0.4, -0.2) is 36.1 Å². The van der Waals surface area contributed by atoms with Crippen LogP contribution in [0.5, 0.6) is 0 Å². The average Bonchev–Trinajstić information content (AvgIpc) is 2.86. The number of esters is 1. The second kappa shape index (κ2) is 6.55. The van der Waals surface area contributed by atoms with Crippen molar-refractivity contribution in [3.63, 3.8) is 0 Å². The number of ether oxygens (including phenoxy) is 1. The smallest absolute Gasteiger partial charge is 0.326 e. The van der Waals surface area contributed by atoms with E-state index in [0.717, 1.165) is 7.11 Å². The fourth-order valence-electron chi connectivity index (χ4n) is 1.29. The van der Waals surface area contributed by atoms with E-state index in [-0.39, 0.29) is 12.3 Å². The highest BCUT2D eigenvalue weighted by Crippen LogP contribution is 2.07. The van der Waals surface area contributed by atoms with E-state index < -0.39 is 30.3 Å². The first-order valence-electron chi connectivity index (χ1n) is 5.37. The Bertz CT molecular complexity index is 481. The number of furan rings is 1. The molecule has 1 heterocycles. The quantitative estimate of drug-likeness (QED) is 0.593. The molecule has 0 fully saturated rings. The molecule has 0 radical (unpaired) electrons. The van der Waals surface area contributed by atoms with Gasteiger partial charge < -0.3 is 25.3 Å². The van der Waals surface area contributed by atoms with Gasteiger partial charge in [-0.2, -0.15) is 0 Å². The predicted molar refractivity (Wildman–Crippen MR) is 62.1 cm³/mol. The van der Waals surface area contributed by atoms with Gasteiger partial charge in [-0.15, -0.1) is 0 Å². The Morgan fingerprint density at radius 3 is 2.63 bits per heavy atom. The second-order valence-electron chi connectivity index (χ2n) is 3.61. The minimum Gasteiger partial charge on any atom is -0.480 e. The van der Waals surface area contributed by atoms with Gasteiger partial charge in [0.2, 0.25) is 0 Å². The Morgan fingerprint density at radius 1 is 1.47 bits per heavy atom. The summed E-state index contributed by atoms with van der Waals surface area (Å²) in [5.74, 6) is -2.50. The molecule has 0 aliphatic heterocycles. The van der Waals surface area contributed by atoms with Crippen molar-refractivity contribution in [3.8, 4) is 0 Å². The monoisotopic (exact) mass is 270 g/mol. The van der Waals surface area contributed by atoms with Crippen LogP contribution < -0.4 is 11.1 Å². The molecule has 0 aromatic carbocycles. The summed E-state index contributed by atoms with van der Waals surface area (Å²) in [7, 11) is 1.13. The fourth-order valence-corrected chi connectivity index (χ4v) is 1.29. The van der Waals surface area contributed by atoms with Crippen LogP contribution in [0.15, 0.2) is 16.5 Å². The molecular weight excluding hydrogens is 256 g/mol. The van der Waals surface area contributed by atoms with E-state index in [4.69, 9.17) is 15.3 Å². The molecule has 0 saturated carbocycles. The maximum absolute atomic E-state index is 11.7. The second-order valence-corrected chi connectivity index (χ2v) is 3.61. The molecule has 8 nitrogen and oxygen atoms in total. The number of nitrogens with one attached hydrogen (secondary N) is 1. The predicted octanol–water partition coefficient (Wildman–Crippen LogP) is -0.516. The molecule has 1 aromatic heterocycles. The van der Waals surface area contributed by atoms with Gasteiger partial charge in [0.1, 0.15) is 11.8 Å². The van der Waals surface area contributed by atoms with Crippen LogP contribution in [0, 0.1) is 0 Å². The molecule has 1 atom stereocenters. The number of rotatable bonds is 6. The SMILES string of the molecule is COC(=O)C[C@H](NC(=O)c1ccc(CN)o1)C(=O)O. The Balaban J connectivity index is 2.70. The van der Waals surface area contributed by atoms with Crippen molar-refractivity contribution < 1.29 is 28.6 Å². The van der Waals surface area contributed by atoms with Gasteiger partial charge in [0.05, 0.1) is 20.1 Å². The molecule has 8 heteroatoms. The van der Waals surface area contributed by atoms with Crippen molar-refractivity contribution in [1.82, 2.24) is 5.32 Å². The van der Waals surface area contributed by atoms with Gasteiger partial charge in [-0.3, -0.25) is 9.59 Å². The van der Waals surface area contributed by atoms with Crippen LogP contribution in [0.25, 0.3) is 0 Å². The van der Waals surface area contributed by atoms with Crippen LogP contribution >= 0.6 is 0 Å². The number of carboxylic acid groups (broad SMARTS) is 1. The fraction of sp³-hybridized carbons (Fsp3) is 0.364. The first kappa shape index (κ1) is 14.7. The summed E-state index contributed by atoms with van der Waals surface area (Å²) >= 11 is 0. The lowest BCUT2D eigenvalue weighted by molar-refractivity contribution is -0.147. The number of nitrogens with two attached hydrogens (primary N) is 1. The molecule has 0 saturated heterocycles. The summed E-state index contributed by atoms with van der Waals surface area (Å²) in [6, 6.07) is 1.49. The molecule has 4 N–H and O–H groups in total. The average molecular weight is 270 g/mol. The van der Waals surface area contributed by atoms with Crippen LogP contribution in [-0.2, 0) is 20.9 Å². The standard InChI is InChI=1S/C11H14N2O6/c1-18-9(14)4-7(11(16)17)13-10(15)8-3-2-6(5-12)19-8/h2-3,7H,4-5,12H2,1H3,(H,13,15)(H,16,17)/t7-/m0/s1. The Kier molecular flexibility index (Phi) is 5.07. The molecule has 0 aliphatic carbocycles. The summed E-state index contributed by atoms with van der Waals surface area (Å²) in [4.78, 5) is 33.6. The molecule has 0 spiro atoms. The van der Waals surface area contributed by atoms with E-state index in [9.17, 15) is 14.4 Å². The molecular formula is C11H14N2O6. The van der Waals surface area contributed by atoms with Crippen molar-refractivity contribution in [1.29, 1.82) is 0 Å². The summed E-state index contributed by atoms with van der Waals surface area (Å²) in [5, 5.41) is 11.1. The molecule has 19 heavy (non-hydrogen) atoms. The molecule has 0 bridgehead atoms. The summed E-state index contributed by atoms with van der Waals surface area (Å²) in [6.07, 6.45) is -0.470. The molecule has 0 unspecified atom stereocenters. The lowest BCUT2D eigenvalue weighted by Gasteiger charge is -2.12. The maximum atomic E-state index is 11.7. The number of hydrogen-bond donors (Lipinski definition) is 3. The van der Waals surface area contributed by atoms with Gasteiger partial charge in [-0.1, -0.05) is 0 Å². The first-order chi connectivity index (χ1) is 8.97. The first-order valence-corrected chi connectivity index (χ1v) is 5.37. The van der Waals surface area contributed by atoms with Gasteiger partial charge in [0.15, 0.2) is 5.76 Å². The van der Waals surface area contributed by atoms with E-state index in [1.807, 2.05) is 0 Å². The summed E-state index contributed by atoms with van der Waals surface area (Å²) < 4.78 is 9.41. The third-order valence-electron chi connectivity index (χ3n) is 2.29.